The number of Topliss-reactive ketones (excluding diaryl/α,β-unsaturated/α-hetero) is 2. The maximum Gasteiger partial charge on any atom is 0.285 e. The Morgan fingerprint density at radius 1 is 0.921 bits per heavy atom. The van der Waals surface area contributed by atoms with E-state index in [4.69, 9.17) is 12.3 Å². The van der Waals surface area contributed by atoms with Gasteiger partial charge in [0.1, 0.15) is 5.78 Å². The van der Waals surface area contributed by atoms with Gasteiger partial charge in [0.15, 0.2) is 0 Å². The zero-order valence-corrected chi connectivity index (χ0v) is 24.6. The van der Waals surface area contributed by atoms with E-state index in [2.05, 4.69) is 34.3 Å². The number of carbonyl (C=O) groups excluding carboxylic acids is 3. The SMILES string of the molecule is C=C(CC(C)C)C[C@H](C(=C)C1CC2C(C1C(=O)CC(CC1CCC1)C(=O)C(N)=O)C2(C)C)C1CCCCC1. The second kappa shape index (κ2) is 11.8. The minimum Gasteiger partial charge on any atom is -0.363 e. The molecule has 5 unspecified atom stereocenters. The lowest BCUT2D eigenvalue weighted by Crippen LogP contribution is -2.37. The molecular formula is C34H53NO3. The molecule has 0 aromatic rings. The number of ketones is 2. The number of amides is 1. The Morgan fingerprint density at radius 2 is 1.58 bits per heavy atom. The van der Waals surface area contributed by atoms with Gasteiger partial charge in [0, 0.05) is 18.3 Å². The second-order valence-electron chi connectivity index (χ2n) is 14.6. The van der Waals surface area contributed by atoms with Crippen LogP contribution in [0.4, 0.5) is 0 Å². The largest absolute Gasteiger partial charge is 0.363 e. The molecule has 4 aliphatic carbocycles. The monoisotopic (exact) mass is 523 g/mol. The highest BCUT2D eigenvalue weighted by Gasteiger charge is 2.68. The van der Waals surface area contributed by atoms with Crippen LogP contribution < -0.4 is 5.73 Å². The van der Waals surface area contributed by atoms with Gasteiger partial charge in [0.2, 0.25) is 5.78 Å². The molecule has 38 heavy (non-hydrogen) atoms. The lowest BCUT2D eigenvalue weighted by Gasteiger charge is -2.38. The molecule has 212 valence electrons. The minimum atomic E-state index is -0.889. The van der Waals surface area contributed by atoms with Crippen LogP contribution in [0.3, 0.4) is 0 Å². The molecule has 4 saturated carbocycles. The Kier molecular flexibility index (Phi) is 9.09. The first-order valence-electron chi connectivity index (χ1n) is 15.6. The van der Waals surface area contributed by atoms with Gasteiger partial charge in [-0.05, 0) is 85.4 Å². The van der Waals surface area contributed by atoms with Crippen LogP contribution >= 0.6 is 0 Å². The smallest absolute Gasteiger partial charge is 0.285 e. The summed E-state index contributed by atoms with van der Waals surface area (Å²) in [6, 6.07) is 0. The van der Waals surface area contributed by atoms with Crippen molar-refractivity contribution in [3.05, 3.63) is 24.3 Å². The summed E-state index contributed by atoms with van der Waals surface area (Å²) in [6.45, 7) is 18.3. The fraction of sp³-hybridized carbons (Fsp3) is 0.794. The molecular weight excluding hydrogens is 470 g/mol. The van der Waals surface area contributed by atoms with Crippen molar-refractivity contribution < 1.29 is 14.4 Å². The Bertz CT molecular complexity index is 935. The minimum absolute atomic E-state index is 0.0866. The van der Waals surface area contributed by atoms with Crippen LogP contribution in [0, 0.1) is 58.7 Å². The highest BCUT2D eigenvalue weighted by atomic mass is 16.2. The van der Waals surface area contributed by atoms with Gasteiger partial charge in [-0.25, -0.2) is 0 Å². The van der Waals surface area contributed by atoms with Gasteiger partial charge in [0.05, 0.1) is 0 Å². The molecule has 0 aliphatic heterocycles. The number of nitrogens with two attached hydrogens (primary N) is 1. The number of hydrogen-bond acceptors (Lipinski definition) is 3. The first kappa shape index (κ1) is 29.3. The van der Waals surface area contributed by atoms with Gasteiger partial charge in [-0.1, -0.05) is 90.5 Å². The summed E-state index contributed by atoms with van der Waals surface area (Å²) >= 11 is 0. The average molecular weight is 524 g/mol. The fourth-order valence-electron chi connectivity index (χ4n) is 8.80. The summed E-state index contributed by atoms with van der Waals surface area (Å²) in [4.78, 5) is 38.7. The third kappa shape index (κ3) is 6.20. The van der Waals surface area contributed by atoms with Gasteiger partial charge in [0.25, 0.3) is 5.91 Å². The Labute approximate surface area is 231 Å². The van der Waals surface area contributed by atoms with E-state index in [1.54, 1.807) is 0 Å². The lowest BCUT2D eigenvalue weighted by molar-refractivity contribution is -0.140. The van der Waals surface area contributed by atoms with Crippen molar-refractivity contribution in [1.29, 1.82) is 0 Å². The highest BCUT2D eigenvalue weighted by Crippen LogP contribution is 2.72. The third-order valence-corrected chi connectivity index (χ3v) is 11.1. The number of rotatable bonds is 14. The van der Waals surface area contributed by atoms with Crippen molar-refractivity contribution in [2.45, 2.75) is 111 Å². The van der Waals surface area contributed by atoms with Crippen molar-refractivity contribution in [3.63, 3.8) is 0 Å². The molecule has 0 aromatic carbocycles. The van der Waals surface area contributed by atoms with E-state index < -0.39 is 17.6 Å². The number of primary amides is 1. The van der Waals surface area contributed by atoms with Crippen LogP contribution in [-0.2, 0) is 14.4 Å². The molecule has 4 aliphatic rings. The van der Waals surface area contributed by atoms with Crippen LogP contribution in [-0.4, -0.2) is 17.5 Å². The Balaban J connectivity index is 1.55. The maximum absolute atomic E-state index is 14.1. The maximum atomic E-state index is 14.1. The summed E-state index contributed by atoms with van der Waals surface area (Å²) in [5.74, 6) is 1.23. The predicted octanol–water partition coefficient (Wildman–Crippen LogP) is 7.46. The molecule has 2 N–H and O–H groups in total. The van der Waals surface area contributed by atoms with E-state index in [9.17, 15) is 14.4 Å². The van der Waals surface area contributed by atoms with Gasteiger partial charge in [-0.2, -0.15) is 0 Å². The number of allylic oxidation sites excluding steroid dienone is 2. The van der Waals surface area contributed by atoms with E-state index >= 15 is 0 Å². The molecule has 1 amide bonds. The molecule has 4 fully saturated rings. The fourth-order valence-corrected chi connectivity index (χ4v) is 8.80. The van der Waals surface area contributed by atoms with Crippen LogP contribution in [0.2, 0.25) is 0 Å². The molecule has 0 saturated heterocycles. The molecule has 0 aromatic heterocycles. The number of fused-ring (bicyclic) bond motifs is 1. The standard InChI is InChI=1S/C34H53NO3/c1-20(2)15-21(3)16-26(24-13-8-7-9-14-24)22(4)27-19-28-31(34(28,5)6)30(27)29(36)18-25(32(37)33(35)38)17-23-11-10-12-23/h20,23-28,30-31H,3-4,7-19H2,1-2,5-6H3,(H2,35,38)/t25?,26-,27?,28?,30?,31?/m1/s1. The number of carbonyl (C=O) groups is 3. The normalized spacial score (nSPS) is 30.2. The molecule has 0 bridgehead atoms. The van der Waals surface area contributed by atoms with Gasteiger partial charge < -0.3 is 5.73 Å². The summed E-state index contributed by atoms with van der Waals surface area (Å²) in [5, 5.41) is 0. The quantitative estimate of drug-likeness (QED) is 0.190. The molecule has 4 nitrogen and oxygen atoms in total. The predicted molar refractivity (Wildman–Crippen MR) is 154 cm³/mol. The zero-order valence-electron chi connectivity index (χ0n) is 24.6. The molecule has 4 rings (SSSR count). The van der Waals surface area contributed by atoms with E-state index in [-0.39, 0.29) is 29.5 Å². The summed E-state index contributed by atoms with van der Waals surface area (Å²) in [6.07, 6.45) is 13.6. The summed E-state index contributed by atoms with van der Waals surface area (Å²) in [7, 11) is 0. The Hall–Kier alpha value is -1.71. The van der Waals surface area contributed by atoms with Crippen molar-refractivity contribution in [1.82, 2.24) is 0 Å². The van der Waals surface area contributed by atoms with Crippen molar-refractivity contribution in [2.24, 2.45) is 64.4 Å². The zero-order chi connectivity index (χ0) is 27.8. The van der Waals surface area contributed by atoms with Crippen molar-refractivity contribution in [2.75, 3.05) is 0 Å². The molecule has 0 radical (unpaired) electrons. The second-order valence-corrected chi connectivity index (χ2v) is 14.6. The van der Waals surface area contributed by atoms with E-state index in [0.29, 0.717) is 41.9 Å². The molecule has 0 spiro atoms. The lowest BCUT2D eigenvalue weighted by atomic mass is 9.66. The summed E-state index contributed by atoms with van der Waals surface area (Å²) < 4.78 is 0. The molecule has 4 heteroatoms. The van der Waals surface area contributed by atoms with Gasteiger partial charge in [-0.3, -0.25) is 14.4 Å². The van der Waals surface area contributed by atoms with Crippen LogP contribution in [0.5, 0.6) is 0 Å². The van der Waals surface area contributed by atoms with Crippen LogP contribution in [0.25, 0.3) is 0 Å². The van der Waals surface area contributed by atoms with Crippen molar-refractivity contribution >= 4 is 17.5 Å². The topological polar surface area (TPSA) is 77.2 Å². The van der Waals surface area contributed by atoms with E-state index in [0.717, 1.165) is 32.1 Å². The molecule has 0 heterocycles. The highest BCUT2D eigenvalue weighted by molar-refractivity contribution is 6.36. The summed E-state index contributed by atoms with van der Waals surface area (Å²) in [5.41, 5.74) is 8.19. The van der Waals surface area contributed by atoms with E-state index in [1.165, 1.54) is 49.7 Å². The third-order valence-electron chi connectivity index (χ3n) is 11.1. The van der Waals surface area contributed by atoms with Crippen molar-refractivity contribution in [3.8, 4) is 0 Å². The Morgan fingerprint density at radius 3 is 2.13 bits per heavy atom. The molecule has 6 atom stereocenters. The van der Waals surface area contributed by atoms with Crippen LogP contribution in [0.15, 0.2) is 24.3 Å². The average Bonchev–Trinajstić information content (AvgIpc) is 3.16. The van der Waals surface area contributed by atoms with Crippen LogP contribution in [0.1, 0.15) is 111 Å². The first-order chi connectivity index (χ1) is 17.9. The van der Waals surface area contributed by atoms with Gasteiger partial charge in [-0.15, -0.1) is 0 Å². The number of hydrogen-bond donors (Lipinski definition) is 1. The first-order valence-corrected chi connectivity index (χ1v) is 15.6. The van der Waals surface area contributed by atoms with Gasteiger partial charge >= 0.3 is 0 Å². The van der Waals surface area contributed by atoms with E-state index in [1.807, 2.05) is 0 Å².